The SMILES string of the molecule is CCCOC(=O)c1cccc(N2CCc3cc(C=CC(C)[N+](=O)[O-])ccc32)c1. The highest BCUT2D eigenvalue weighted by Crippen LogP contribution is 2.35. The molecule has 2 aromatic rings. The number of fused-ring (bicyclic) bond motifs is 1. The Hall–Kier alpha value is -3.15. The van der Waals surface area contributed by atoms with Gasteiger partial charge in [0.2, 0.25) is 6.04 Å². The quantitative estimate of drug-likeness (QED) is 0.398. The van der Waals surface area contributed by atoms with Crippen molar-refractivity contribution >= 4 is 23.4 Å². The van der Waals surface area contributed by atoms with Gasteiger partial charge in [0.25, 0.3) is 0 Å². The van der Waals surface area contributed by atoms with Crippen LogP contribution in [0.4, 0.5) is 11.4 Å². The molecule has 0 radical (unpaired) electrons. The minimum atomic E-state index is -0.708. The Bertz CT molecular complexity index is 907. The maximum Gasteiger partial charge on any atom is 0.338 e. The third-order valence-electron chi connectivity index (χ3n) is 4.73. The molecular formula is C22H24N2O4. The fourth-order valence-electron chi connectivity index (χ4n) is 3.19. The van der Waals surface area contributed by atoms with E-state index in [0.717, 1.165) is 36.3 Å². The predicted octanol–water partition coefficient (Wildman–Crippen LogP) is 4.63. The number of benzene rings is 2. The summed E-state index contributed by atoms with van der Waals surface area (Å²) in [6, 6.07) is 12.8. The summed E-state index contributed by atoms with van der Waals surface area (Å²) in [5.41, 5.74) is 4.74. The Morgan fingerprint density at radius 1 is 1.32 bits per heavy atom. The summed E-state index contributed by atoms with van der Waals surface area (Å²) < 4.78 is 5.23. The second-order valence-corrected chi connectivity index (χ2v) is 6.86. The molecule has 0 amide bonds. The Balaban J connectivity index is 1.79. The Labute approximate surface area is 164 Å². The van der Waals surface area contributed by atoms with Crippen LogP contribution in [-0.2, 0) is 11.2 Å². The van der Waals surface area contributed by atoms with Crippen LogP contribution in [0.2, 0.25) is 0 Å². The van der Waals surface area contributed by atoms with Gasteiger partial charge in [0.15, 0.2) is 0 Å². The lowest BCUT2D eigenvalue weighted by atomic mass is 10.1. The number of esters is 1. The highest BCUT2D eigenvalue weighted by atomic mass is 16.6. The van der Waals surface area contributed by atoms with E-state index in [1.807, 2.05) is 37.3 Å². The molecular weight excluding hydrogens is 356 g/mol. The molecule has 2 aromatic carbocycles. The minimum Gasteiger partial charge on any atom is -0.462 e. The van der Waals surface area contributed by atoms with E-state index < -0.39 is 6.04 Å². The van der Waals surface area contributed by atoms with Crippen molar-refractivity contribution in [3.63, 3.8) is 0 Å². The minimum absolute atomic E-state index is 0.302. The highest BCUT2D eigenvalue weighted by Gasteiger charge is 2.21. The number of nitrogens with zero attached hydrogens (tertiary/aromatic N) is 2. The molecule has 28 heavy (non-hydrogen) atoms. The molecule has 0 saturated carbocycles. The van der Waals surface area contributed by atoms with Crippen molar-refractivity contribution in [2.24, 2.45) is 0 Å². The molecule has 6 nitrogen and oxygen atoms in total. The van der Waals surface area contributed by atoms with Gasteiger partial charge in [0, 0.05) is 29.8 Å². The van der Waals surface area contributed by atoms with E-state index in [9.17, 15) is 14.9 Å². The number of carbonyl (C=O) groups excluding carboxylic acids is 1. The van der Waals surface area contributed by atoms with E-state index in [0.29, 0.717) is 12.2 Å². The van der Waals surface area contributed by atoms with Crippen LogP contribution in [-0.4, -0.2) is 30.1 Å². The molecule has 0 N–H and O–H groups in total. The Morgan fingerprint density at radius 2 is 2.14 bits per heavy atom. The average Bonchev–Trinajstić information content (AvgIpc) is 3.13. The van der Waals surface area contributed by atoms with E-state index in [2.05, 4.69) is 11.0 Å². The third kappa shape index (κ3) is 4.39. The Morgan fingerprint density at radius 3 is 2.89 bits per heavy atom. The van der Waals surface area contributed by atoms with Crippen LogP contribution in [0.25, 0.3) is 6.08 Å². The largest absolute Gasteiger partial charge is 0.462 e. The van der Waals surface area contributed by atoms with Gasteiger partial charge in [-0.3, -0.25) is 10.1 Å². The van der Waals surface area contributed by atoms with Gasteiger partial charge in [-0.1, -0.05) is 25.1 Å². The highest BCUT2D eigenvalue weighted by molar-refractivity contribution is 5.91. The molecule has 0 aliphatic carbocycles. The zero-order chi connectivity index (χ0) is 20.1. The first-order valence-corrected chi connectivity index (χ1v) is 9.49. The molecule has 6 heteroatoms. The van der Waals surface area contributed by atoms with E-state index in [1.165, 1.54) is 5.56 Å². The molecule has 0 saturated heterocycles. The van der Waals surface area contributed by atoms with Gasteiger partial charge in [-0.25, -0.2) is 4.79 Å². The molecule has 1 unspecified atom stereocenters. The average molecular weight is 380 g/mol. The number of hydrogen-bond donors (Lipinski definition) is 0. The molecule has 0 spiro atoms. The van der Waals surface area contributed by atoms with Crippen molar-refractivity contribution in [3.8, 4) is 0 Å². The van der Waals surface area contributed by atoms with Crippen LogP contribution in [0.15, 0.2) is 48.5 Å². The van der Waals surface area contributed by atoms with E-state index in [-0.39, 0.29) is 10.9 Å². The van der Waals surface area contributed by atoms with E-state index in [4.69, 9.17) is 4.74 Å². The molecule has 1 aliphatic heterocycles. The van der Waals surface area contributed by atoms with Gasteiger partial charge in [-0.15, -0.1) is 0 Å². The number of carbonyl (C=O) groups is 1. The lowest BCUT2D eigenvalue weighted by molar-refractivity contribution is -0.504. The van der Waals surface area contributed by atoms with Crippen LogP contribution in [0, 0.1) is 10.1 Å². The van der Waals surface area contributed by atoms with Gasteiger partial charge in [-0.05, 0) is 60.4 Å². The zero-order valence-corrected chi connectivity index (χ0v) is 16.1. The number of ether oxygens (including phenoxy) is 1. The van der Waals surface area contributed by atoms with Crippen LogP contribution >= 0.6 is 0 Å². The van der Waals surface area contributed by atoms with Crippen LogP contribution in [0.1, 0.15) is 41.8 Å². The van der Waals surface area contributed by atoms with Crippen LogP contribution < -0.4 is 4.90 Å². The van der Waals surface area contributed by atoms with Crippen molar-refractivity contribution in [3.05, 3.63) is 75.3 Å². The smallest absolute Gasteiger partial charge is 0.338 e. The molecule has 0 fully saturated rings. The van der Waals surface area contributed by atoms with Crippen molar-refractivity contribution in [1.82, 2.24) is 0 Å². The molecule has 146 valence electrons. The van der Waals surface area contributed by atoms with Gasteiger partial charge >= 0.3 is 5.97 Å². The van der Waals surface area contributed by atoms with Crippen LogP contribution in [0.3, 0.4) is 0 Å². The summed E-state index contributed by atoms with van der Waals surface area (Å²) in [7, 11) is 0. The summed E-state index contributed by atoms with van der Waals surface area (Å²) in [4.78, 5) is 24.8. The first kappa shape index (κ1) is 19.6. The van der Waals surface area contributed by atoms with Crippen molar-refractivity contribution in [2.45, 2.75) is 32.7 Å². The zero-order valence-electron chi connectivity index (χ0n) is 16.1. The molecule has 0 aromatic heterocycles. The maximum absolute atomic E-state index is 12.1. The van der Waals surface area contributed by atoms with Gasteiger partial charge < -0.3 is 9.64 Å². The fraction of sp³-hybridized carbons (Fsp3) is 0.318. The summed E-state index contributed by atoms with van der Waals surface area (Å²) in [6.45, 7) is 4.76. The first-order chi connectivity index (χ1) is 13.5. The fourth-order valence-corrected chi connectivity index (χ4v) is 3.19. The van der Waals surface area contributed by atoms with Crippen molar-refractivity contribution in [2.75, 3.05) is 18.1 Å². The third-order valence-corrected chi connectivity index (χ3v) is 4.73. The monoisotopic (exact) mass is 380 g/mol. The van der Waals surface area contributed by atoms with Crippen molar-refractivity contribution in [1.29, 1.82) is 0 Å². The number of nitro groups is 1. The van der Waals surface area contributed by atoms with E-state index in [1.54, 1.807) is 25.1 Å². The first-order valence-electron chi connectivity index (χ1n) is 9.49. The molecule has 1 aliphatic rings. The van der Waals surface area contributed by atoms with Gasteiger partial charge in [0.1, 0.15) is 0 Å². The molecule has 1 atom stereocenters. The van der Waals surface area contributed by atoms with E-state index >= 15 is 0 Å². The Kier molecular flexibility index (Phi) is 6.09. The number of rotatable bonds is 7. The summed E-state index contributed by atoms with van der Waals surface area (Å²) in [5, 5.41) is 10.8. The number of hydrogen-bond acceptors (Lipinski definition) is 5. The lowest BCUT2D eigenvalue weighted by Crippen LogP contribution is -2.14. The summed E-state index contributed by atoms with van der Waals surface area (Å²) in [5.74, 6) is -0.302. The second kappa shape index (κ2) is 8.69. The summed E-state index contributed by atoms with van der Waals surface area (Å²) >= 11 is 0. The topological polar surface area (TPSA) is 72.7 Å². The van der Waals surface area contributed by atoms with Gasteiger partial charge in [0.05, 0.1) is 12.2 Å². The standard InChI is InChI=1S/C22H24N2O4/c1-3-13-28-22(25)19-5-4-6-20(15-19)23-12-11-18-14-17(9-10-21(18)23)8-7-16(2)24(26)27/h4-10,14-16H,3,11-13H2,1-2H3. The normalized spacial score (nSPS) is 14.1. The van der Waals surface area contributed by atoms with Crippen LogP contribution in [0.5, 0.6) is 0 Å². The predicted molar refractivity (Wildman–Crippen MR) is 110 cm³/mol. The summed E-state index contributed by atoms with van der Waals surface area (Å²) in [6.07, 6.45) is 5.06. The second-order valence-electron chi connectivity index (χ2n) is 6.86. The molecule has 0 bridgehead atoms. The maximum atomic E-state index is 12.1. The lowest BCUT2D eigenvalue weighted by Gasteiger charge is -2.20. The molecule has 1 heterocycles. The molecule has 3 rings (SSSR count). The van der Waals surface area contributed by atoms with Crippen molar-refractivity contribution < 1.29 is 14.5 Å². The van der Waals surface area contributed by atoms with Gasteiger partial charge in [-0.2, -0.15) is 0 Å². The number of anilines is 2.